The van der Waals surface area contributed by atoms with E-state index >= 15 is 0 Å². The van der Waals surface area contributed by atoms with E-state index in [2.05, 4.69) is 54.7 Å². The predicted octanol–water partition coefficient (Wildman–Crippen LogP) is 4.93. The predicted molar refractivity (Wildman–Crippen MR) is 227 cm³/mol. The van der Waals surface area contributed by atoms with Crippen LogP contribution in [-0.4, -0.2) is 107 Å². The van der Waals surface area contributed by atoms with Crippen LogP contribution in [-0.2, 0) is 16.1 Å². The minimum absolute atomic E-state index is 0.0778. The molecule has 4 fully saturated rings. The zero-order valence-corrected chi connectivity index (χ0v) is 35.3. The fraction of sp³-hybridized carbons (Fsp3) is 0.479. The smallest absolute Gasteiger partial charge is 0.262 e. The number of imide groups is 2. The number of piperazine rings is 1. The van der Waals surface area contributed by atoms with Crippen LogP contribution < -0.4 is 19.7 Å². The van der Waals surface area contributed by atoms with Crippen LogP contribution in [0.1, 0.15) is 118 Å². The first-order valence-corrected chi connectivity index (χ1v) is 21.4. The maximum absolute atomic E-state index is 13.9. The first kappa shape index (κ1) is 37.5. The molecule has 0 radical (unpaired) electrons. The highest BCUT2D eigenvalue weighted by Crippen LogP contribution is 2.59. The number of nitrogens with zero attached hydrogens (tertiary/aromatic N) is 6. The number of carbonyl (C=O) groups excluding carboxylic acids is 5. The minimum atomic E-state index is -2.73. The number of hydrogen-bond acceptors (Lipinski definition) is 11. The van der Waals surface area contributed by atoms with Crippen LogP contribution in [0.2, 0.25) is 0 Å². The van der Waals surface area contributed by atoms with Crippen LogP contribution in [0.5, 0.6) is 11.5 Å². The summed E-state index contributed by atoms with van der Waals surface area (Å²) in [6.07, 6.45) is 3.87. The molecule has 6 aliphatic rings. The molecule has 14 heteroatoms. The lowest BCUT2D eigenvalue weighted by molar-refractivity contribution is -0.199. The molecule has 62 heavy (non-hydrogen) atoms. The van der Waals surface area contributed by atoms with Gasteiger partial charge in [0.1, 0.15) is 35.4 Å². The summed E-state index contributed by atoms with van der Waals surface area (Å²) in [7, 11) is -2.73. The Labute approximate surface area is 365 Å². The summed E-state index contributed by atoms with van der Waals surface area (Å²) in [5, 5.41) is 11.7. The van der Waals surface area contributed by atoms with E-state index in [9.17, 15) is 29.2 Å². The molecule has 1 N–H and O–H groups in total. The van der Waals surface area contributed by atoms with Gasteiger partial charge in [0.15, 0.2) is 0 Å². The summed E-state index contributed by atoms with van der Waals surface area (Å²) in [6.45, 7) is 11.9. The van der Waals surface area contributed by atoms with Gasteiger partial charge in [0.25, 0.3) is 17.7 Å². The molecule has 1 unspecified atom stereocenters. The summed E-state index contributed by atoms with van der Waals surface area (Å²) < 4.78 is 34.1. The quantitative estimate of drug-likeness (QED) is 0.253. The Kier molecular flexibility index (Phi) is 9.43. The van der Waals surface area contributed by atoms with Crippen LogP contribution in [0.3, 0.4) is 0 Å². The summed E-state index contributed by atoms with van der Waals surface area (Å²) in [4.78, 5) is 77.1. The molecular formula is C48H51N7O7. The van der Waals surface area contributed by atoms with Crippen molar-refractivity contribution in [3.05, 3.63) is 82.2 Å². The van der Waals surface area contributed by atoms with Crippen LogP contribution >= 0.6 is 0 Å². The molecule has 2 aromatic carbocycles. The summed E-state index contributed by atoms with van der Waals surface area (Å²) in [5.41, 5.74) is 2.45. The first-order valence-electron chi connectivity index (χ1n) is 22.9. The van der Waals surface area contributed by atoms with Crippen molar-refractivity contribution in [1.82, 2.24) is 25.0 Å². The number of ether oxygens (including phenoxy) is 2. The Balaban J connectivity index is 0.771. The van der Waals surface area contributed by atoms with E-state index in [-0.39, 0.29) is 59.3 Å². The number of nitriles is 1. The van der Waals surface area contributed by atoms with Crippen molar-refractivity contribution < 1.29 is 37.6 Å². The van der Waals surface area contributed by atoms with E-state index in [0.717, 1.165) is 62.4 Å². The molecule has 0 spiro atoms. The number of pyridine rings is 1. The van der Waals surface area contributed by atoms with Gasteiger partial charge in [0, 0.05) is 73.2 Å². The molecule has 5 amide bonds. The van der Waals surface area contributed by atoms with E-state index in [4.69, 9.17) is 18.6 Å². The molecule has 1 aromatic heterocycles. The van der Waals surface area contributed by atoms with Crippen molar-refractivity contribution in [3.63, 3.8) is 0 Å². The average Bonchev–Trinajstić information content (AvgIpc) is 3.71. The number of aromatic nitrogens is 1. The second-order valence-electron chi connectivity index (χ2n) is 18.5. The van der Waals surface area contributed by atoms with Gasteiger partial charge in [-0.05, 0) is 80.5 Å². The molecule has 9 rings (SSSR count). The topological polar surface area (TPSA) is 165 Å². The number of nitrogens with one attached hydrogen (secondary N) is 1. The average molecular weight is 841 g/mol. The van der Waals surface area contributed by atoms with Crippen LogP contribution in [0.4, 0.5) is 5.69 Å². The highest BCUT2D eigenvalue weighted by Gasteiger charge is 2.67. The summed E-state index contributed by atoms with van der Waals surface area (Å²) in [5.74, 6) is 5.22. The number of benzene rings is 2. The highest BCUT2D eigenvalue weighted by molar-refractivity contribution is 6.23. The van der Waals surface area contributed by atoms with Crippen molar-refractivity contribution in [1.29, 1.82) is 5.26 Å². The Bertz CT molecular complexity index is 2600. The number of piperidine rings is 1. The van der Waals surface area contributed by atoms with E-state index in [1.807, 2.05) is 29.2 Å². The second kappa shape index (κ2) is 15.6. The first-order chi connectivity index (χ1) is 30.8. The van der Waals surface area contributed by atoms with Gasteiger partial charge in [-0.2, -0.15) is 5.26 Å². The Morgan fingerprint density at radius 3 is 2.27 bits per heavy atom. The molecule has 320 valence electrons. The lowest BCUT2D eigenvalue weighted by atomic mass is 9.49. The zero-order chi connectivity index (χ0) is 46.2. The van der Waals surface area contributed by atoms with Crippen molar-refractivity contribution in [3.8, 4) is 29.4 Å². The third kappa shape index (κ3) is 6.94. The zero-order valence-electron chi connectivity index (χ0n) is 38.3. The second-order valence-corrected chi connectivity index (χ2v) is 18.5. The largest absolute Gasteiger partial charge is 0.495 e. The third-order valence-corrected chi connectivity index (χ3v) is 14.0. The molecule has 2 aliphatic carbocycles. The SMILES string of the molecule is [2H]C([2H])([2H])Oc1cc(OC2C(C)(C)C(N3Cc4nc(C#CC5CCC(N6CCN(c7ccc8c(c7)C(=O)N(C7CCC(=O)NC7=O)C8=O)CC6)CC5)ccc4C3=O)C2(C)C)ccc1C#N. The van der Waals surface area contributed by atoms with E-state index in [1.54, 1.807) is 18.2 Å². The molecule has 5 heterocycles. The number of amides is 5. The van der Waals surface area contributed by atoms with Crippen LogP contribution in [0, 0.1) is 39.9 Å². The van der Waals surface area contributed by atoms with Gasteiger partial charge in [0.2, 0.25) is 11.8 Å². The Morgan fingerprint density at radius 1 is 0.839 bits per heavy atom. The van der Waals surface area contributed by atoms with Gasteiger partial charge in [-0.1, -0.05) is 33.6 Å². The van der Waals surface area contributed by atoms with Gasteiger partial charge in [-0.3, -0.25) is 39.1 Å². The molecule has 0 bridgehead atoms. The minimum Gasteiger partial charge on any atom is -0.495 e. The summed E-state index contributed by atoms with van der Waals surface area (Å²) >= 11 is 0. The molecular weight excluding hydrogens is 787 g/mol. The monoisotopic (exact) mass is 840 g/mol. The molecule has 2 saturated heterocycles. The normalized spacial score (nSPS) is 27.4. The lowest BCUT2D eigenvalue weighted by Gasteiger charge is -2.65. The number of carbonyl (C=O) groups is 5. The maximum Gasteiger partial charge on any atom is 0.262 e. The molecule has 1 atom stereocenters. The van der Waals surface area contributed by atoms with Gasteiger partial charge in [-0.25, -0.2) is 4.98 Å². The Hall–Kier alpha value is -6.25. The van der Waals surface area contributed by atoms with Crippen molar-refractivity contribution in [2.45, 2.75) is 97.0 Å². The summed E-state index contributed by atoms with van der Waals surface area (Å²) in [6, 6.07) is 14.7. The number of rotatable bonds is 7. The van der Waals surface area contributed by atoms with Gasteiger partial charge in [0.05, 0.1) is 45.6 Å². The van der Waals surface area contributed by atoms with E-state index < -0.39 is 47.5 Å². The van der Waals surface area contributed by atoms with Crippen LogP contribution in [0.15, 0.2) is 48.5 Å². The number of anilines is 1. The molecule has 4 aliphatic heterocycles. The van der Waals surface area contributed by atoms with Crippen molar-refractivity contribution in [2.24, 2.45) is 16.7 Å². The standard InChI is InChI=1S/C48H51N7O7/c1-47(2)45(48(3,4)46(47)62-33-15-9-29(26-49)39(25-33)61-5)54-27-37-35(42(54)58)16-11-30(50-37)10-6-28-7-12-31(13-8-28)52-20-22-53(23-21-52)32-14-17-34-36(24-32)44(60)55(43(34)59)38-18-19-40(56)51-41(38)57/h9,11,14-17,24-25,28,31,38,45-46H,7-8,12-13,18-23,27H2,1-5H3,(H,51,56,57)/i5D3. The number of fused-ring (bicyclic) bond motifs is 2. The third-order valence-electron chi connectivity index (χ3n) is 14.0. The number of hydrogen-bond donors (Lipinski definition) is 1. The van der Waals surface area contributed by atoms with Gasteiger partial charge >= 0.3 is 0 Å². The fourth-order valence-corrected chi connectivity index (χ4v) is 11.3. The Morgan fingerprint density at radius 2 is 1.56 bits per heavy atom. The fourth-order valence-electron chi connectivity index (χ4n) is 11.3. The van der Waals surface area contributed by atoms with E-state index in [1.165, 1.54) is 12.1 Å². The van der Waals surface area contributed by atoms with Gasteiger partial charge < -0.3 is 19.3 Å². The molecule has 14 nitrogen and oxygen atoms in total. The van der Waals surface area contributed by atoms with Crippen molar-refractivity contribution >= 4 is 35.2 Å². The molecule has 3 aromatic rings. The number of methoxy groups -OCH3 is 1. The highest BCUT2D eigenvalue weighted by atomic mass is 16.5. The van der Waals surface area contributed by atoms with Gasteiger partial charge in [-0.15, -0.1) is 0 Å². The molecule has 2 saturated carbocycles. The van der Waals surface area contributed by atoms with Crippen molar-refractivity contribution in [2.75, 3.05) is 38.1 Å². The maximum atomic E-state index is 13.9. The van der Waals surface area contributed by atoms with E-state index in [0.29, 0.717) is 35.3 Å². The lowest BCUT2D eigenvalue weighted by Crippen LogP contribution is -2.74. The van der Waals surface area contributed by atoms with Crippen LogP contribution in [0.25, 0.3) is 0 Å².